The van der Waals surface area contributed by atoms with Crippen LogP contribution in [0.15, 0.2) is 12.3 Å². The zero-order valence-electron chi connectivity index (χ0n) is 12.9. The van der Waals surface area contributed by atoms with Crippen LogP contribution in [0.5, 0.6) is 0 Å². The summed E-state index contributed by atoms with van der Waals surface area (Å²) in [4.78, 5) is 15.9. The van der Waals surface area contributed by atoms with Crippen molar-refractivity contribution in [3.63, 3.8) is 0 Å². The number of ether oxygens (including phenoxy) is 1. The molecule has 0 aliphatic heterocycles. The molecule has 1 aromatic heterocycles. The Labute approximate surface area is 131 Å². The molecule has 118 valence electrons. The van der Waals surface area contributed by atoms with Crippen LogP contribution < -0.4 is 11.1 Å². The summed E-state index contributed by atoms with van der Waals surface area (Å²) in [5.41, 5.74) is 6.70. The summed E-state index contributed by atoms with van der Waals surface area (Å²) in [6.07, 6.45) is 8.47. The number of carbonyl (C=O) groups is 1. The lowest BCUT2D eigenvalue weighted by atomic mass is 10.2. The molecular weight excluding hydrogens is 286 g/mol. The second kappa shape index (κ2) is 10.3. The third kappa shape index (κ3) is 6.25. The molecule has 0 fully saturated rings. The molecule has 0 aromatic carbocycles. The molecule has 0 saturated carbocycles. The molecule has 1 aromatic rings. The first-order valence-corrected chi connectivity index (χ1v) is 8.74. The molecular formula is C15H25N3O2S. The quantitative estimate of drug-likeness (QED) is 0.510. The fraction of sp³-hybridized carbons (Fsp3) is 0.600. The van der Waals surface area contributed by atoms with Crippen molar-refractivity contribution in [1.29, 1.82) is 0 Å². The van der Waals surface area contributed by atoms with Gasteiger partial charge in [0.15, 0.2) is 0 Å². The summed E-state index contributed by atoms with van der Waals surface area (Å²) in [7, 11) is 0. The minimum atomic E-state index is -0.405. The average molecular weight is 311 g/mol. The fourth-order valence-electron chi connectivity index (χ4n) is 1.93. The largest absolute Gasteiger partial charge is 0.462 e. The van der Waals surface area contributed by atoms with E-state index in [2.05, 4.69) is 16.6 Å². The first-order chi connectivity index (χ1) is 10.2. The van der Waals surface area contributed by atoms with E-state index in [1.54, 1.807) is 19.2 Å². The number of nitrogens with two attached hydrogens (primary N) is 1. The topological polar surface area (TPSA) is 77.2 Å². The summed E-state index contributed by atoms with van der Waals surface area (Å²) >= 11 is 1.89. The van der Waals surface area contributed by atoms with Gasteiger partial charge in [0.2, 0.25) is 0 Å². The summed E-state index contributed by atoms with van der Waals surface area (Å²) < 4.78 is 4.97. The van der Waals surface area contributed by atoms with Gasteiger partial charge in [-0.1, -0.05) is 12.8 Å². The molecule has 0 amide bonds. The first-order valence-electron chi connectivity index (χ1n) is 7.35. The van der Waals surface area contributed by atoms with E-state index in [1.807, 2.05) is 11.8 Å². The van der Waals surface area contributed by atoms with Crippen LogP contribution >= 0.6 is 11.8 Å². The number of esters is 1. The van der Waals surface area contributed by atoms with Crippen molar-refractivity contribution in [3.8, 4) is 0 Å². The zero-order chi connectivity index (χ0) is 15.5. The smallest absolute Gasteiger partial charge is 0.340 e. The van der Waals surface area contributed by atoms with E-state index in [1.165, 1.54) is 25.0 Å². The van der Waals surface area contributed by atoms with Gasteiger partial charge in [-0.05, 0) is 37.8 Å². The van der Waals surface area contributed by atoms with Crippen LogP contribution in [0.1, 0.15) is 43.0 Å². The van der Waals surface area contributed by atoms with Gasteiger partial charge in [-0.3, -0.25) is 0 Å². The predicted octanol–water partition coefficient (Wildman–Crippen LogP) is 3.18. The predicted molar refractivity (Wildman–Crippen MR) is 89.9 cm³/mol. The molecule has 0 radical (unpaired) electrons. The summed E-state index contributed by atoms with van der Waals surface area (Å²) in [5, 5.41) is 3.19. The number of rotatable bonds is 10. The number of pyridine rings is 1. The number of anilines is 2. The monoisotopic (exact) mass is 311 g/mol. The average Bonchev–Trinajstić information content (AvgIpc) is 2.48. The molecule has 0 bridgehead atoms. The summed E-state index contributed by atoms with van der Waals surface area (Å²) in [5.74, 6) is 1.38. The highest BCUT2D eigenvalue weighted by Crippen LogP contribution is 2.20. The van der Waals surface area contributed by atoms with E-state index in [0.29, 0.717) is 23.7 Å². The Morgan fingerprint density at radius 3 is 2.86 bits per heavy atom. The van der Waals surface area contributed by atoms with Gasteiger partial charge >= 0.3 is 5.97 Å². The number of nitrogens with zero attached hydrogens (tertiary/aromatic N) is 1. The lowest BCUT2D eigenvalue weighted by Crippen LogP contribution is -2.12. The Hall–Kier alpha value is -1.43. The Bertz CT molecular complexity index is 441. The SMILES string of the molecule is CCOC(=O)c1ccnc(NCCCCCCSC)c1N. The normalized spacial score (nSPS) is 10.4. The van der Waals surface area contributed by atoms with Gasteiger partial charge in [-0.25, -0.2) is 9.78 Å². The van der Waals surface area contributed by atoms with Crippen molar-refractivity contribution in [2.24, 2.45) is 0 Å². The Morgan fingerprint density at radius 2 is 2.14 bits per heavy atom. The number of nitrogen functional groups attached to an aromatic ring is 1. The molecule has 0 spiro atoms. The van der Waals surface area contributed by atoms with Crippen LogP contribution in [-0.2, 0) is 4.74 Å². The van der Waals surface area contributed by atoms with Gasteiger partial charge in [0.25, 0.3) is 0 Å². The minimum absolute atomic E-state index is 0.333. The van der Waals surface area contributed by atoms with Gasteiger partial charge < -0.3 is 15.8 Å². The summed E-state index contributed by atoms with van der Waals surface area (Å²) in [6, 6.07) is 1.58. The summed E-state index contributed by atoms with van der Waals surface area (Å²) in [6.45, 7) is 2.91. The van der Waals surface area contributed by atoms with Gasteiger partial charge in [-0.2, -0.15) is 11.8 Å². The van der Waals surface area contributed by atoms with Crippen LogP contribution in [0.25, 0.3) is 0 Å². The van der Waals surface area contributed by atoms with Crippen molar-refractivity contribution in [1.82, 2.24) is 4.98 Å². The number of hydrogen-bond donors (Lipinski definition) is 2. The maximum absolute atomic E-state index is 11.7. The van der Waals surface area contributed by atoms with E-state index >= 15 is 0 Å². The van der Waals surface area contributed by atoms with Crippen molar-refractivity contribution < 1.29 is 9.53 Å². The van der Waals surface area contributed by atoms with Crippen LogP contribution in [0, 0.1) is 0 Å². The van der Waals surface area contributed by atoms with E-state index in [4.69, 9.17) is 10.5 Å². The molecule has 0 aliphatic rings. The van der Waals surface area contributed by atoms with Crippen LogP contribution in [0.3, 0.4) is 0 Å². The highest BCUT2D eigenvalue weighted by atomic mass is 32.2. The lowest BCUT2D eigenvalue weighted by Gasteiger charge is -2.11. The van der Waals surface area contributed by atoms with Crippen LogP contribution in [0.2, 0.25) is 0 Å². The number of carbonyl (C=O) groups excluding carboxylic acids is 1. The maximum atomic E-state index is 11.7. The van der Waals surface area contributed by atoms with Gasteiger partial charge in [-0.15, -0.1) is 0 Å². The second-order valence-corrected chi connectivity index (χ2v) is 5.66. The Kier molecular flexibility index (Phi) is 8.66. The van der Waals surface area contributed by atoms with E-state index < -0.39 is 5.97 Å². The molecule has 6 heteroatoms. The van der Waals surface area contributed by atoms with E-state index in [9.17, 15) is 4.79 Å². The molecule has 0 aliphatic carbocycles. The number of thioether (sulfide) groups is 1. The molecule has 1 heterocycles. The third-order valence-corrected chi connectivity index (χ3v) is 3.75. The number of nitrogens with one attached hydrogen (secondary N) is 1. The molecule has 3 N–H and O–H groups in total. The third-order valence-electron chi connectivity index (χ3n) is 3.05. The molecule has 0 atom stereocenters. The maximum Gasteiger partial charge on any atom is 0.340 e. The Morgan fingerprint density at radius 1 is 1.38 bits per heavy atom. The van der Waals surface area contributed by atoms with Crippen molar-refractivity contribution in [2.75, 3.05) is 36.2 Å². The number of aromatic nitrogens is 1. The van der Waals surface area contributed by atoms with Crippen LogP contribution in [-0.4, -0.2) is 36.1 Å². The fourth-order valence-corrected chi connectivity index (χ4v) is 2.43. The molecule has 5 nitrogen and oxygen atoms in total. The van der Waals surface area contributed by atoms with Crippen molar-refractivity contribution >= 4 is 29.2 Å². The van der Waals surface area contributed by atoms with Crippen molar-refractivity contribution in [2.45, 2.75) is 32.6 Å². The highest BCUT2D eigenvalue weighted by Gasteiger charge is 2.14. The van der Waals surface area contributed by atoms with Crippen molar-refractivity contribution in [3.05, 3.63) is 17.8 Å². The van der Waals surface area contributed by atoms with Gasteiger partial charge in [0, 0.05) is 12.7 Å². The van der Waals surface area contributed by atoms with E-state index in [-0.39, 0.29) is 0 Å². The molecule has 21 heavy (non-hydrogen) atoms. The lowest BCUT2D eigenvalue weighted by molar-refractivity contribution is 0.0527. The minimum Gasteiger partial charge on any atom is -0.462 e. The zero-order valence-corrected chi connectivity index (χ0v) is 13.7. The second-order valence-electron chi connectivity index (χ2n) is 4.68. The first kappa shape index (κ1) is 17.6. The molecule has 0 saturated heterocycles. The molecule has 1 rings (SSSR count). The van der Waals surface area contributed by atoms with Gasteiger partial charge in [0.1, 0.15) is 5.82 Å². The van der Waals surface area contributed by atoms with E-state index in [0.717, 1.165) is 13.0 Å². The van der Waals surface area contributed by atoms with Gasteiger partial charge in [0.05, 0.1) is 17.9 Å². The van der Waals surface area contributed by atoms with Crippen LogP contribution in [0.4, 0.5) is 11.5 Å². The number of unbranched alkanes of at least 4 members (excludes halogenated alkanes) is 3. The molecule has 0 unspecified atom stereocenters. The Balaban J connectivity index is 2.41. The highest BCUT2D eigenvalue weighted by molar-refractivity contribution is 7.98. The number of hydrogen-bond acceptors (Lipinski definition) is 6. The standard InChI is InChI=1S/C15H25N3O2S/c1-3-20-15(19)12-8-10-18-14(13(12)16)17-9-6-4-5-7-11-21-2/h8,10H,3-7,9,11,16H2,1-2H3,(H,17,18).